The third-order valence-electron chi connectivity index (χ3n) is 5.34. The smallest absolute Gasteiger partial charge is 0.242 e. The van der Waals surface area contributed by atoms with E-state index in [9.17, 15) is 4.79 Å². The van der Waals surface area contributed by atoms with Gasteiger partial charge in [0.05, 0.1) is 24.3 Å². The first-order valence-electron chi connectivity index (χ1n) is 10.4. The average molecular weight is 440 g/mol. The van der Waals surface area contributed by atoms with Crippen molar-refractivity contribution in [1.29, 1.82) is 0 Å². The number of amidine groups is 1. The number of hydrogen-bond acceptors (Lipinski definition) is 5. The fraction of sp³-hybridized carbons (Fsp3) is 0.115. The van der Waals surface area contributed by atoms with Gasteiger partial charge in [-0.25, -0.2) is 0 Å². The second-order valence-electron chi connectivity index (χ2n) is 7.50. The molecule has 32 heavy (non-hydrogen) atoms. The Kier molecular flexibility index (Phi) is 5.85. The van der Waals surface area contributed by atoms with Gasteiger partial charge in [-0.15, -0.1) is 5.10 Å². The van der Waals surface area contributed by atoms with Crippen LogP contribution >= 0.6 is 11.8 Å². The molecule has 2 heterocycles. The Hall–Kier alpha value is -3.64. The zero-order chi connectivity index (χ0) is 21.8. The fourth-order valence-electron chi connectivity index (χ4n) is 3.75. The summed E-state index contributed by atoms with van der Waals surface area (Å²) in [6.45, 7) is 0.340. The molecule has 5 rings (SSSR count). The first-order valence-corrected chi connectivity index (χ1v) is 11.3. The van der Waals surface area contributed by atoms with Crippen LogP contribution in [0.25, 0.3) is 10.8 Å². The van der Waals surface area contributed by atoms with Crippen molar-refractivity contribution < 1.29 is 9.21 Å². The molecule has 1 amide bonds. The number of rotatable bonds is 6. The topological polar surface area (TPSA) is 58.2 Å². The van der Waals surface area contributed by atoms with Gasteiger partial charge >= 0.3 is 0 Å². The zero-order valence-corrected chi connectivity index (χ0v) is 18.1. The molecule has 1 saturated heterocycles. The van der Waals surface area contributed by atoms with Crippen molar-refractivity contribution in [3.05, 3.63) is 108 Å². The summed E-state index contributed by atoms with van der Waals surface area (Å²) in [5, 5.41) is 11.4. The molecule has 1 aromatic heterocycles. The van der Waals surface area contributed by atoms with Crippen LogP contribution in [0.15, 0.2) is 106 Å². The lowest BCUT2D eigenvalue weighted by molar-refractivity contribution is -0.126. The number of carbonyl (C=O) groups is 1. The number of carbonyl (C=O) groups excluding carboxylic acids is 1. The first kappa shape index (κ1) is 20.3. The number of fused-ring (bicyclic) bond motifs is 1. The van der Waals surface area contributed by atoms with Crippen molar-refractivity contribution in [2.45, 2.75) is 18.2 Å². The Morgan fingerprint density at radius 1 is 0.938 bits per heavy atom. The second-order valence-corrected chi connectivity index (χ2v) is 8.67. The molecule has 1 atom stereocenters. The summed E-state index contributed by atoms with van der Waals surface area (Å²) in [4.78, 5) is 14.8. The number of amides is 1. The van der Waals surface area contributed by atoms with Crippen molar-refractivity contribution >= 4 is 39.8 Å². The van der Waals surface area contributed by atoms with Crippen molar-refractivity contribution in [2.75, 3.05) is 0 Å². The zero-order valence-electron chi connectivity index (χ0n) is 17.3. The highest BCUT2D eigenvalue weighted by Gasteiger charge is 2.38. The Morgan fingerprint density at radius 3 is 2.59 bits per heavy atom. The van der Waals surface area contributed by atoms with Crippen LogP contribution in [0.4, 0.5) is 0 Å². The Bertz CT molecular complexity index is 1280. The Labute approximate surface area is 190 Å². The summed E-state index contributed by atoms with van der Waals surface area (Å²) in [6, 6.07) is 28.0. The van der Waals surface area contributed by atoms with Gasteiger partial charge < -0.3 is 4.42 Å². The molecule has 0 spiro atoms. The highest BCUT2D eigenvalue weighted by molar-refractivity contribution is 8.15. The van der Waals surface area contributed by atoms with Crippen LogP contribution in [0.3, 0.4) is 0 Å². The molecule has 0 bridgehead atoms. The number of thioether (sulfide) groups is 1. The summed E-state index contributed by atoms with van der Waals surface area (Å²) < 4.78 is 5.47. The number of benzene rings is 3. The predicted octanol–water partition coefficient (Wildman–Crippen LogP) is 5.51. The monoisotopic (exact) mass is 439 g/mol. The Morgan fingerprint density at radius 2 is 1.75 bits per heavy atom. The quantitative estimate of drug-likeness (QED) is 0.294. The van der Waals surface area contributed by atoms with Gasteiger partial charge in [-0.05, 0) is 34.9 Å². The van der Waals surface area contributed by atoms with Crippen LogP contribution in [-0.2, 0) is 17.8 Å². The lowest BCUT2D eigenvalue weighted by atomic mass is 10.1. The number of hydrogen-bond donors (Lipinski definition) is 0. The maximum Gasteiger partial charge on any atom is 0.242 e. The second kappa shape index (κ2) is 9.24. The van der Waals surface area contributed by atoms with E-state index >= 15 is 0 Å². The lowest BCUT2D eigenvalue weighted by Crippen LogP contribution is -2.32. The van der Waals surface area contributed by atoms with Crippen molar-refractivity contribution in [2.24, 2.45) is 10.2 Å². The van der Waals surface area contributed by atoms with E-state index in [1.807, 2.05) is 66.7 Å². The predicted molar refractivity (Wildman–Crippen MR) is 130 cm³/mol. The standard InChI is InChI=1S/C26H21N3O2S/c30-25-24(16-19-8-2-1-3-9-19)32-26(29(25)18-22-13-7-15-31-22)28-27-17-21-12-6-11-20-10-4-5-14-23(20)21/h1-15,17,24H,16,18H2. The van der Waals surface area contributed by atoms with Crippen LogP contribution in [0.2, 0.25) is 0 Å². The van der Waals surface area contributed by atoms with Gasteiger partial charge in [0.15, 0.2) is 5.17 Å². The van der Waals surface area contributed by atoms with E-state index in [-0.39, 0.29) is 11.2 Å². The molecule has 1 unspecified atom stereocenters. The van der Waals surface area contributed by atoms with Gasteiger partial charge in [-0.2, -0.15) is 5.10 Å². The molecule has 4 aromatic rings. The van der Waals surface area contributed by atoms with Crippen LogP contribution in [-0.4, -0.2) is 27.4 Å². The van der Waals surface area contributed by atoms with E-state index in [2.05, 4.69) is 28.4 Å². The minimum atomic E-state index is -0.237. The molecule has 158 valence electrons. The third kappa shape index (κ3) is 4.36. The van der Waals surface area contributed by atoms with Gasteiger partial charge in [-0.1, -0.05) is 84.6 Å². The molecule has 0 radical (unpaired) electrons. The van der Waals surface area contributed by atoms with Gasteiger partial charge in [0.1, 0.15) is 5.76 Å². The first-order chi connectivity index (χ1) is 15.8. The lowest BCUT2D eigenvalue weighted by Gasteiger charge is -2.14. The molecule has 6 heteroatoms. The largest absolute Gasteiger partial charge is 0.467 e. The molecule has 3 aromatic carbocycles. The van der Waals surface area contributed by atoms with E-state index in [1.54, 1.807) is 17.4 Å². The highest BCUT2D eigenvalue weighted by Crippen LogP contribution is 2.31. The minimum absolute atomic E-state index is 0.0226. The van der Waals surface area contributed by atoms with Gasteiger partial charge in [0.25, 0.3) is 0 Å². The summed E-state index contributed by atoms with van der Waals surface area (Å²) >= 11 is 1.45. The average Bonchev–Trinajstić information content (AvgIpc) is 3.44. The van der Waals surface area contributed by atoms with E-state index < -0.39 is 0 Å². The maximum absolute atomic E-state index is 13.2. The molecule has 1 aliphatic heterocycles. The molecule has 0 saturated carbocycles. The van der Waals surface area contributed by atoms with E-state index in [1.165, 1.54) is 11.8 Å². The third-order valence-corrected chi connectivity index (χ3v) is 6.51. The summed E-state index contributed by atoms with van der Waals surface area (Å²) in [5.74, 6) is 0.736. The van der Waals surface area contributed by atoms with Gasteiger partial charge in [0, 0.05) is 5.56 Å². The van der Waals surface area contributed by atoms with Crippen LogP contribution in [0.5, 0.6) is 0 Å². The van der Waals surface area contributed by atoms with E-state index in [0.717, 1.165) is 21.9 Å². The van der Waals surface area contributed by atoms with Crippen LogP contribution in [0.1, 0.15) is 16.9 Å². The normalized spacial score (nSPS) is 17.8. The Balaban J connectivity index is 1.41. The SMILES string of the molecule is O=C1C(Cc2ccccc2)SC(=NN=Cc2cccc3ccccc23)N1Cc1ccco1. The van der Waals surface area contributed by atoms with Crippen molar-refractivity contribution in [1.82, 2.24) is 4.90 Å². The molecular weight excluding hydrogens is 418 g/mol. The molecular formula is C26H21N3O2S. The summed E-state index contributed by atoms with van der Waals surface area (Å²) in [6.07, 6.45) is 4.00. The molecule has 0 aliphatic carbocycles. The van der Waals surface area contributed by atoms with Crippen molar-refractivity contribution in [3.8, 4) is 0 Å². The number of furan rings is 1. The van der Waals surface area contributed by atoms with E-state index in [0.29, 0.717) is 23.9 Å². The molecule has 1 fully saturated rings. The number of nitrogens with zero attached hydrogens (tertiary/aromatic N) is 3. The van der Waals surface area contributed by atoms with E-state index in [4.69, 9.17) is 4.42 Å². The van der Waals surface area contributed by atoms with Gasteiger partial charge in [0.2, 0.25) is 5.91 Å². The maximum atomic E-state index is 13.2. The molecule has 5 nitrogen and oxygen atoms in total. The summed E-state index contributed by atoms with van der Waals surface area (Å²) in [7, 11) is 0. The summed E-state index contributed by atoms with van der Waals surface area (Å²) in [5.41, 5.74) is 2.11. The molecule has 0 N–H and O–H groups in total. The van der Waals surface area contributed by atoms with Crippen LogP contribution in [0, 0.1) is 0 Å². The highest BCUT2D eigenvalue weighted by atomic mass is 32.2. The minimum Gasteiger partial charge on any atom is -0.467 e. The van der Waals surface area contributed by atoms with Crippen LogP contribution < -0.4 is 0 Å². The van der Waals surface area contributed by atoms with Crippen molar-refractivity contribution in [3.63, 3.8) is 0 Å². The fourth-order valence-corrected chi connectivity index (χ4v) is 4.89. The molecule has 1 aliphatic rings. The van der Waals surface area contributed by atoms with Gasteiger partial charge in [-0.3, -0.25) is 9.69 Å².